The molecule has 1 amide bonds. The Morgan fingerprint density at radius 3 is 2.58 bits per heavy atom. The number of amides is 1. The number of nitrogens with one attached hydrogen (secondary N) is 1. The van der Waals surface area contributed by atoms with E-state index >= 15 is 0 Å². The number of rotatable bonds is 9. The van der Waals surface area contributed by atoms with Crippen LogP contribution < -0.4 is 14.8 Å². The van der Waals surface area contributed by atoms with Crippen molar-refractivity contribution in [3.8, 4) is 17.3 Å². The number of methoxy groups -OCH3 is 1. The number of ether oxygens (including phenoxy) is 2. The van der Waals surface area contributed by atoms with Gasteiger partial charge in [-0.3, -0.25) is 4.79 Å². The number of aromatic nitrogens is 3. The molecule has 1 aromatic carbocycles. The number of carbonyl (C=O) groups is 1. The molecule has 0 aliphatic rings. The van der Waals surface area contributed by atoms with Gasteiger partial charge in [-0.1, -0.05) is 19.4 Å². The molecule has 33 heavy (non-hydrogen) atoms. The van der Waals surface area contributed by atoms with Crippen molar-refractivity contribution in [1.29, 1.82) is 0 Å². The zero-order valence-electron chi connectivity index (χ0n) is 18.6. The van der Waals surface area contributed by atoms with Crippen LogP contribution in [0.2, 0.25) is 0 Å². The first kappa shape index (κ1) is 24.1. The second kappa shape index (κ2) is 10.4. The summed E-state index contributed by atoms with van der Waals surface area (Å²) in [4.78, 5) is 16.5. The van der Waals surface area contributed by atoms with Crippen molar-refractivity contribution < 1.29 is 27.4 Å². The van der Waals surface area contributed by atoms with Gasteiger partial charge >= 0.3 is 6.18 Å². The van der Waals surface area contributed by atoms with E-state index in [4.69, 9.17) is 9.47 Å². The van der Waals surface area contributed by atoms with Crippen LogP contribution >= 0.6 is 0 Å². The Morgan fingerprint density at radius 2 is 1.94 bits per heavy atom. The summed E-state index contributed by atoms with van der Waals surface area (Å²) < 4.78 is 50.6. The van der Waals surface area contributed by atoms with Gasteiger partial charge in [-0.05, 0) is 43.2 Å². The maximum absolute atomic E-state index is 12.7. The second-order valence-electron chi connectivity index (χ2n) is 7.33. The summed E-state index contributed by atoms with van der Waals surface area (Å²) in [5.41, 5.74) is 0.712. The number of unbranched alkanes of at least 4 members (excludes halogenated alkanes) is 1. The van der Waals surface area contributed by atoms with E-state index in [1.807, 2.05) is 6.07 Å². The summed E-state index contributed by atoms with van der Waals surface area (Å²) in [5, 5.41) is 6.92. The summed E-state index contributed by atoms with van der Waals surface area (Å²) in [5.74, 6) is 1.04. The van der Waals surface area contributed by atoms with Gasteiger partial charge in [0.05, 0.1) is 36.7 Å². The highest BCUT2D eigenvalue weighted by molar-refractivity contribution is 5.95. The van der Waals surface area contributed by atoms with Crippen LogP contribution in [0.5, 0.6) is 11.5 Å². The third-order valence-electron chi connectivity index (χ3n) is 4.98. The summed E-state index contributed by atoms with van der Waals surface area (Å²) >= 11 is 0. The van der Waals surface area contributed by atoms with Crippen molar-refractivity contribution in [2.24, 2.45) is 0 Å². The monoisotopic (exact) mass is 462 g/mol. The Hall–Kier alpha value is -3.56. The quantitative estimate of drug-likeness (QED) is 0.466. The van der Waals surface area contributed by atoms with Crippen LogP contribution in [-0.4, -0.2) is 34.4 Å². The van der Waals surface area contributed by atoms with E-state index in [-0.39, 0.29) is 18.3 Å². The fourth-order valence-electron chi connectivity index (χ4n) is 3.09. The van der Waals surface area contributed by atoms with Gasteiger partial charge in [0, 0.05) is 12.7 Å². The van der Waals surface area contributed by atoms with Crippen LogP contribution in [0.3, 0.4) is 0 Å². The van der Waals surface area contributed by atoms with Gasteiger partial charge in [0.15, 0.2) is 17.3 Å². The van der Waals surface area contributed by atoms with Crippen molar-refractivity contribution in [2.45, 2.75) is 39.4 Å². The molecule has 2 heterocycles. The first-order chi connectivity index (χ1) is 15.7. The van der Waals surface area contributed by atoms with E-state index in [2.05, 4.69) is 22.3 Å². The number of halogens is 3. The molecule has 0 saturated carbocycles. The standard InChI is InChI=1S/C23H25F3N4O3/c1-4-5-10-33-19-8-6-16(11-20(19)32-3)12-28-22(31)18-14-29-30(15(18)2)21-9-7-17(13-27-21)23(24,25)26/h6-9,11,13-14H,4-5,10,12H2,1-3H3,(H,28,31). The molecule has 3 rings (SSSR count). The maximum Gasteiger partial charge on any atom is 0.417 e. The molecule has 1 N–H and O–H groups in total. The van der Waals surface area contributed by atoms with Crippen LogP contribution in [-0.2, 0) is 12.7 Å². The molecular weight excluding hydrogens is 437 g/mol. The lowest BCUT2D eigenvalue weighted by molar-refractivity contribution is -0.137. The molecule has 0 radical (unpaired) electrons. The summed E-state index contributed by atoms with van der Waals surface area (Å²) in [6.07, 6.45) is -0.417. The number of nitrogens with zero attached hydrogens (tertiary/aromatic N) is 3. The van der Waals surface area contributed by atoms with Gasteiger partial charge in [0.1, 0.15) is 0 Å². The number of hydrogen-bond acceptors (Lipinski definition) is 5. The Labute approximate surface area is 189 Å². The molecule has 0 aliphatic heterocycles. The fourth-order valence-corrected chi connectivity index (χ4v) is 3.09. The van der Waals surface area contributed by atoms with Crippen LogP contribution in [0.4, 0.5) is 13.2 Å². The van der Waals surface area contributed by atoms with Gasteiger partial charge in [0.25, 0.3) is 5.91 Å². The van der Waals surface area contributed by atoms with Gasteiger partial charge < -0.3 is 14.8 Å². The predicted molar refractivity (Wildman–Crippen MR) is 116 cm³/mol. The van der Waals surface area contributed by atoms with E-state index in [1.54, 1.807) is 26.2 Å². The van der Waals surface area contributed by atoms with E-state index in [9.17, 15) is 18.0 Å². The Kier molecular flexibility index (Phi) is 7.57. The number of hydrogen-bond donors (Lipinski definition) is 1. The number of carbonyl (C=O) groups excluding carboxylic acids is 1. The molecule has 10 heteroatoms. The fraction of sp³-hybridized carbons (Fsp3) is 0.348. The molecular formula is C23H25F3N4O3. The minimum Gasteiger partial charge on any atom is -0.493 e. The van der Waals surface area contributed by atoms with Crippen molar-refractivity contribution in [3.63, 3.8) is 0 Å². The second-order valence-corrected chi connectivity index (χ2v) is 7.33. The minimum atomic E-state index is -4.47. The van der Waals surface area contributed by atoms with Crippen molar-refractivity contribution in [2.75, 3.05) is 13.7 Å². The molecule has 2 aromatic heterocycles. The normalized spacial score (nSPS) is 11.3. The third-order valence-corrected chi connectivity index (χ3v) is 4.98. The lowest BCUT2D eigenvalue weighted by Crippen LogP contribution is -2.23. The van der Waals surface area contributed by atoms with Gasteiger partial charge in [-0.2, -0.15) is 18.3 Å². The zero-order chi connectivity index (χ0) is 24.0. The van der Waals surface area contributed by atoms with E-state index in [1.165, 1.54) is 16.9 Å². The molecule has 0 fully saturated rings. The molecule has 0 unspecified atom stereocenters. The lowest BCUT2D eigenvalue weighted by Gasteiger charge is -2.12. The van der Waals surface area contributed by atoms with E-state index in [0.717, 1.165) is 30.7 Å². The summed E-state index contributed by atoms with van der Waals surface area (Å²) in [6, 6.07) is 7.57. The minimum absolute atomic E-state index is 0.183. The first-order valence-electron chi connectivity index (χ1n) is 10.4. The highest BCUT2D eigenvalue weighted by Crippen LogP contribution is 2.29. The average Bonchev–Trinajstić information content (AvgIpc) is 3.19. The smallest absolute Gasteiger partial charge is 0.417 e. The van der Waals surface area contributed by atoms with Gasteiger partial charge in [-0.15, -0.1) is 0 Å². The Balaban J connectivity index is 1.67. The van der Waals surface area contributed by atoms with Crippen molar-refractivity contribution in [1.82, 2.24) is 20.1 Å². The highest BCUT2D eigenvalue weighted by atomic mass is 19.4. The third kappa shape index (κ3) is 5.82. The SMILES string of the molecule is CCCCOc1ccc(CNC(=O)c2cnn(-c3ccc(C(F)(F)F)cn3)c2C)cc1OC. The maximum atomic E-state index is 12.7. The number of benzene rings is 1. The molecule has 0 spiro atoms. The van der Waals surface area contributed by atoms with Gasteiger partial charge in [-0.25, -0.2) is 9.67 Å². The van der Waals surface area contributed by atoms with Gasteiger partial charge in [0.2, 0.25) is 0 Å². The van der Waals surface area contributed by atoms with Crippen LogP contribution in [0.1, 0.15) is 46.9 Å². The van der Waals surface area contributed by atoms with Crippen molar-refractivity contribution >= 4 is 5.91 Å². The lowest BCUT2D eigenvalue weighted by atomic mass is 10.2. The van der Waals surface area contributed by atoms with Crippen LogP contribution in [0.15, 0.2) is 42.7 Å². The largest absolute Gasteiger partial charge is 0.493 e. The molecule has 7 nitrogen and oxygen atoms in total. The molecule has 0 bridgehead atoms. The molecule has 0 aliphatic carbocycles. The Morgan fingerprint density at radius 1 is 1.15 bits per heavy atom. The summed E-state index contributed by atoms with van der Waals surface area (Å²) in [7, 11) is 1.55. The molecule has 0 saturated heterocycles. The summed E-state index contributed by atoms with van der Waals surface area (Å²) in [6.45, 7) is 4.57. The first-order valence-corrected chi connectivity index (χ1v) is 10.4. The van der Waals surface area contributed by atoms with E-state index < -0.39 is 11.7 Å². The molecule has 176 valence electrons. The topological polar surface area (TPSA) is 78.3 Å². The van der Waals surface area contributed by atoms with Crippen LogP contribution in [0.25, 0.3) is 5.82 Å². The Bertz CT molecular complexity index is 1100. The molecule has 3 aromatic rings. The highest BCUT2D eigenvalue weighted by Gasteiger charge is 2.30. The van der Waals surface area contributed by atoms with E-state index in [0.29, 0.717) is 29.4 Å². The number of alkyl halides is 3. The van der Waals surface area contributed by atoms with Crippen LogP contribution in [0, 0.1) is 6.92 Å². The van der Waals surface area contributed by atoms with Crippen molar-refractivity contribution in [3.05, 3.63) is 65.1 Å². The zero-order valence-corrected chi connectivity index (χ0v) is 18.6. The predicted octanol–water partition coefficient (Wildman–Crippen LogP) is 4.71. The average molecular weight is 462 g/mol. The number of pyridine rings is 1. The molecule has 0 atom stereocenters.